The number of carboxylic acids is 1. The Morgan fingerprint density at radius 3 is 2.53 bits per heavy atom. The molecule has 0 aliphatic carbocycles. The molecule has 6 nitrogen and oxygen atoms in total. The lowest BCUT2D eigenvalue weighted by Crippen LogP contribution is -2.04. The lowest BCUT2D eigenvalue weighted by molar-refractivity contribution is 0.0690. The number of aromatic hydroxyl groups is 1. The first-order valence-corrected chi connectivity index (χ1v) is 4.77. The zero-order valence-electron chi connectivity index (χ0n) is 8.66. The van der Waals surface area contributed by atoms with Gasteiger partial charge in [-0.2, -0.15) is 0 Å². The molecule has 6 heteroatoms. The van der Waals surface area contributed by atoms with Crippen LogP contribution >= 0.6 is 0 Å². The van der Waals surface area contributed by atoms with Crippen LogP contribution in [-0.4, -0.2) is 26.2 Å². The molecule has 0 amide bonds. The lowest BCUT2D eigenvalue weighted by atomic mass is 10.3. The maximum Gasteiger partial charge on any atom is 0.354 e. The van der Waals surface area contributed by atoms with E-state index in [0.29, 0.717) is 5.69 Å². The molecule has 1 heterocycles. The van der Waals surface area contributed by atoms with Crippen molar-refractivity contribution < 1.29 is 15.0 Å². The lowest BCUT2D eigenvalue weighted by Gasteiger charge is -2.04. The van der Waals surface area contributed by atoms with Gasteiger partial charge in [0.2, 0.25) is 5.95 Å². The van der Waals surface area contributed by atoms with Crippen molar-refractivity contribution in [1.82, 2.24) is 9.97 Å². The van der Waals surface area contributed by atoms with E-state index in [1.165, 1.54) is 24.4 Å². The zero-order chi connectivity index (χ0) is 12.3. The Labute approximate surface area is 96.6 Å². The Hall–Kier alpha value is -2.63. The van der Waals surface area contributed by atoms with Crippen molar-refractivity contribution in [3.05, 3.63) is 42.2 Å². The van der Waals surface area contributed by atoms with Gasteiger partial charge in [0.1, 0.15) is 5.75 Å². The van der Waals surface area contributed by atoms with Gasteiger partial charge in [-0.15, -0.1) is 0 Å². The van der Waals surface area contributed by atoms with E-state index in [2.05, 4.69) is 15.3 Å². The van der Waals surface area contributed by atoms with Gasteiger partial charge in [0, 0.05) is 11.9 Å². The van der Waals surface area contributed by atoms with Crippen LogP contribution in [0.25, 0.3) is 0 Å². The van der Waals surface area contributed by atoms with E-state index in [1.807, 2.05) is 0 Å². The summed E-state index contributed by atoms with van der Waals surface area (Å²) in [5, 5.41) is 20.7. The Morgan fingerprint density at radius 1 is 1.18 bits per heavy atom. The fourth-order valence-corrected chi connectivity index (χ4v) is 1.21. The number of hydrogen-bond donors (Lipinski definition) is 3. The molecule has 0 fully saturated rings. The second kappa shape index (κ2) is 4.48. The quantitative estimate of drug-likeness (QED) is 0.695. The smallest absolute Gasteiger partial charge is 0.354 e. The Balaban J connectivity index is 2.21. The molecule has 2 aromatic rings. The minimum atomic E-state index is -1.11. The van der Waals surface area contributed by atoms with Crippen molar-refractivity contribution in [2.24, 2.45) is 0 Å². The van der Waals surface area contributed by atoms with Crippen molar-refractivity contribution in [3.8, 4) is 5.75 Å². The molecule has 0 aliphatic heterocycles. The molecule has 1 aromatic carbocycles. The number of carboxylic acid groups (broad SMARTS) is 1. The average molecular weight is 231 g/mol. The monoisotopic (exact) mass is 231 g/mol. The summed E-state index contributed by atoms with van der Waals surface area (Å²) in [4.78, 5) is 18.4. The number of hydrogen-bond acceptors (Lipinski definition) is 5. The second-order valence-electron chi connectivity index (χ2n) is 3.24. The highest BCUT2D eigenvalue weighted by molar-refractivity contribution is 5.85. The minimum absolute atomic E-state index is 0.0821. The van der Waals surface area contributed by atoms with Crippen LogP contribution in [0.5, 0.6) is 5.75 Å². The molecule has 2 rings (SSSR count). The third-order valence-corrected chi connectivity index (χ3v) is 2.00. The summed E-state index contributed by atoms with van der Waals surface area (Å²) in [7, 11) is 0. The van der Waals surface area contributed by atoms with E-state index >= 15 is 0 Å². The van der Waals surface area contributed by atoms with Crippen LogP contribution in [0.4, 0.5) is 11.6 Å². The van der Waals surface area contributed by atoms with Gasteiger partial charge in [-0.1, -0.05) is 0 Å². The highest BCUT2D eigenvalue weighted by atomic mass is 16.4. The van der Waals surface area contributed by atoms with Crippen molar-refractivity contribution >= 4 is 17.6 Å². The third-order valence-electron chi connectivity index (χ3n) is 2.00. The van der Waals surface area contributed by atoms with E-state index in [-0.39, 0.29) is 17.4 Å². The summed E-state index contributed by atoms with van der Waals surface area (Å²) in [6.45, 7) is 0. The number of nitrogens with one attached hydrogen (secondary N) is 1. The predicted octanol–water partition coefficient (Wildman–Crippen LogP) is 1.62. The van der Waals surface area contributed by atoms with E-state index in [4.69, 9.17) is 10.2 Å². The summed E-state index contributed by atoms with van der Waals surface area (Å²) in [6.07, 6.45) is 1.36. The summed E-state index contributed by atoms with van der Waals surface area (Å²) < 4.78 is 0. The van der Waals surface area contributed by atoms with Crippen LogP contribution in [0.2, 0.25) is 0 Å². The SMILES string of the molecule is O=C(O)c1ccnc(Nc2ccc(O)cc2)n1. The van der Waals surface area contributed by atoms with Crippen LogP contribution in [0, 0.1) is 0 Å². The van der Waals surface area contributed by atoms with E-state index in [9.17, 15) is 4.79 Å². The van der Waals surface area contributed by atoms with Crippen molar-refractivity contribution in [2.75, 3.05) is 5.32 Å². The zero-order valence-corrected chi connectivity index (χ0v) is 8.66. The molecule has 0 saturated carbocycles. The van der Waals surface area contributed by atoms with E-state index in [1.54, 1.807) is 12.1 Å². The molecular weight excluding hydrogens is 222 g/mol. The summed E-state index contributed by atoms with van der Waals surface area (Å²) in [6, 6.07) is 7.58. The van der Waals surface area contributed by atoms with Gasteiger partial charge in [-0.05, 0) is 30.3 Å². The van der Waals surface area contributed by atoms with Crippen LogP contribution in [0.1, 0.15) is 10.5 Å². The van der Waals surface area contributed by atoms with Gasteiger partial charge in [0.15, 0.2) is 5.69 Å². The van der Waals surface area contributed by atoms with Gasteiger partial charge < -0.3 is 15.5 Å². The molecule has 0 atom stereocenters. The number of carbonyl (C=O) groups is 1. The Morgan fingerprint density at radius 2 is 1.88 bits per heavy atom. The first kappa shape index (κ1) is 10.9. The molecule has 86 valence electrons. The van der Waals surface area contributed by atoms with Crippen molar-refractivity contribution in [1.29, 1.82) is 0 Å². The standard InChI is InChI=1S/C11H9N3O3/c15-8-3-1-7(2-4-8)13-11-12-6-5-9(14-11)10(16)17/h1-6,15H,(H,16,17)(H,12,13,14). The number of aromatic carboxylic acids is 1. The molecule has 0 radical (unpaired) electrons. The van der Waals surface area contributed by atoms with Crippen LogP contribution < -0.4 is 5.32 Å². The van der Waals surface area contributed by atoms with Gasteiger partial charge in [-0.3, -0.25) is 0 Å². The maximum absolute atomic E-state index is 10.7. The third kappa shape index (κ3) is 2.69. The average Bonchev–Trinajstić information content (AvgIpc) is 2.32. The fourth-order valence-electron chi connectivity index (χ4n) is 1.21. The van der Waals surface area contributed by atoms with Gasteiger partial charge in [-0.25, -0.2) is 14.8 Å². The number of anilines is 2. The molecule has 0 spiro atoms. The number of phenols is 1. The van der Waals surface area contributed by atoms with Crippen molar-refractivity contribution in [2.45, 2.75) is 0 Å². The largest absolute Gasteiger partial charge is 0.508 e. The van der Waals surface area contributed by atoms with Gasteiger partial charge in [0.25, 0.3) is 0 Å². The molecule has 0 bridgehead atoms. The molecular formula is C11H9N3O3. The predicted molar refractivity (Wildman–Crippen MR) is 60.4 cm³/mol. The van der Waals surface area contributed by atoms with Crippen LogP contribution in [-0.2, 0) is 0 Å². The molecule has 0 aliphatic rings. The maximum atomic E-state index is 10.7. The summed E-state index contributed by atoms with van der Waals surface area (Å²) in [5.41, 5.74) is 0.576. The van der Waals surface area contributed by atoms with Crippen LogP contribution in [0.3, 0.4) is 0 Å². The second-order valence-corrected chi connectivity index (χ2v) is 3.24. The summed E-state index contributed by atoms with van der Waals surface area (Å²) >= 11 is 0. The highest BCUT2D eigenvalue weighted by Gasteiger charge is 2.06. The topological polar surface area (TPSA) is 95.3 Å². The number of benzene rings is 1. The highest BCUT2D eigenvalue weighted by Crippen LogP contribution is 2.16. The number of phenolic OH excluding ortho intramolecular Hbond substituents is 1. The fraction of sp³-hybridized carbons (Fsp3) is 0. The van der Waals surface area contributed by atoms with Crippen molar-refractivity contribution in [3.63, 3.8) is 0 Å². The summed E-state index contributed by atoms with van der Waals surface area (Å²) in [5.74, 6) is -0.771. The minimum Gasteiger partial charge on any atom is -0.508 e. The number of aromatic nitrogens is 2. The normalized spacial score (nSPS) is 9.88. The first-order chi connectivity index (χ1) is 8.15. The molecule has 0 unspecified atom stereocenters. The first-order valence-electron chi connectivity index (χ1n) is 4.77. The number of rotatable bonds is 3. The molecule has 17 heavy (non-hydrogen) atoms. The Bertz CT molecular complexity index is 540. The molecule has 3 N–H and O–H groups in total. The van der Waals surface area contributed by atoms with E-state index in [0.717, 1.165) is 0 Å². The van der Waals surface area contributed by atoms with Crippen LogP contribution in [0.15, 0.2) is 36.5 Å². The molecule has 0 saturated heterocycles. The molecule has 1 aromatic heterocycles. The number of nitrogens with zero attached hydrogens (tertiary/aromatic N) is 2. The van der Waals surface area contributed by atoms with E-state index < -0.39 is 5.97 Å². The Kier molecular flexibility index (Phi) is 2.87. The van der Waals surface area contributed by atoms with Gasteiger partial charge >= 0.3 is 5.97 Å². The van der Waals surface area contributed by atoms with Gasteiger partial charge in [0.05, 0.1) is 0 Å².